The van der Waals surface area contributed by atoms with Crippen LogP contribution in [0.25, 0.3) is 0 Å². The minimum absolute atomic E-state index is 0.134. The number of anilines is 2. The average molecular weight is 421 g/mol. The van der Waals surface area contributed by atoms with Gasteiger partial charge in [-0.25, -0.2) is 4.98 Å². The number of ether oxygens (including phenoxy) is 1. The second-order valence-corrected chi connectivity index (χ2v) is 9.78. The molecule has 6 nitrogen and oxygen atoms in total. The highest BCUT2D eigenvalue weighted by atomic mass is 16.5. The number of Topliss-reactive ketones (excluding diaryl/α,β-unsaturated/α-hetero) is 1. The molecule has 31 heavy (non-hydrogen) atoms. The highest BCUT2D eigenvalue weighted by Crippen LogP contribution is 2.49. The van der Waals surface area contributed by atoms with Gasteiger partial charge in [-0.15, -0.1) is 0 Å². The van der Waals surface area contributed by atoms with Crippen LogP contribution in [-0.2, 0) is 4.79 Å². The van der Waals surface area contributed by atoms with Gasteiger partial charge in [0.15, 0.2) is 0 Å². The monoisotopic (exact) mass is 420 g/mol. The summed E-state index contributed by atoms with van der Waals surface area (Å²) in [5, 5.41) is 0. The summed E-state index contributed by atoms with van der Waals surface area (Å²) in [5.41, 5.74) is 1.77. The molecule has 1 aromatic carbocycles. The van der Waals surface area contributed by atoms with E-state index in [-0.39, 0.29) is 17.8 Å². The van der Waals surface area contributed by atoms with Crippen molar-refractivity contribution in [1.82, 2.24) is 9.97 Å². The summed E-state index contributed by atoms with van der Waals surface area (Å²) in [6.07, 6.45) is 7.71. The Morgan fingerprint density at radius 3 is 2.65 bits per heavy atom. The van der Waals surface area contributed by atoms with Crippen LogP contribution in [0.1, 0.15) is 57.4 Å². The first-order valence-electron chi connectivity index (χ1n) is 11.6. The molecule has 1 aromatic heterocycles. The number of aromatic nitrogens is 2. The van der Waals surface area contributed by atoms with Crippen molar-refractivity contribution in [3.8, 4) is 5.75 Å². The van der Waals surface area contributed by atoms with Crippen molar-refractivity contribution in [3.63, 3.8) is 0 Å². The van der Waals surface area contributed by atoms with Crippen molar-refractivity contribution in [1.29, 1.82) is 0 Å². The van der Waals surface area contributed by atoms with Crippen LogP contribution >= 0.6 is 0 Å². The number of ketones is 1. The van der Waals surface area contributed by atoms with E-state index in [1.807, 2.05) is 24.4 Å². The molecule has 0 bridgehead atoms. The molecule has 0 unspecified atom stereocenters. The molecule has 5 rings (SSSR count). The molecular formula is C25H32N4O2. The normalized spacial score (nSPS) is 22.7. The first-order chi connectivity index (χ1) is 15.0. The van der Waals surface area contributed by atoms with E-state index in [2.05, 4.69) is 33.8 Å². The number of carbonyl (C=O) groups is 1. The van der Waals surface area contributed by atoms with Gasteiger partial charge in [0.1, 0.15) is 23.5 Å². The van der Waals surface area contributed by atoms with Gasteiger partial charge in [-0.1, -0.05) is 25.5 Å². The lowest BCUT2D eigenvalue weighted by Crippen LogP contribution is -2.60. The van der Waals surface area contributed by atoms with Crippen molar-refractivity contribution < 1.29 is 9.53 Å². The first-order valence-corrected chi connectivity index (χ1v) is 11.6. The summed E-state index contributed by atoms with van der Waals surface area (Å²) >= 11 is 0. The molecule has 2 saturated heterocycles. The molecule has 0 amide bonds. The van der Waals surface area contributed by atoms with Crippen molar-refractivity contribution in [2.45, 2.75) is 58.0 Å². The highest BCUT2D eigenvalue weighted by molar-refractivity contribution is 5.76. The second-order valence-electron chi connectivity index (χ2n) is 9.78. The number of hydrogen-bond donors (Lipinski definition) is 0. The number of carbonyl (C=O) groups excluding carboxylic acids is 1. The van der Waals surface area contributed by atoms with Gasteiger partial charge >= 0.3 is 0 Å². The van der Waals surface area contributed by atoms with Crippen LogP contribution < -0.4 is 14.5 Å². The smallest absolute Gasteiger partial charge is 0.227 e. The molecule has 3 aliphatic rings. The number of hydrogen-bond acceptors (Lipinski definition) is 6. The highest BCUT2D eigenvalue weighted by Gasteiger charge is 2.47. The van der Waals surface area contributed by atoms with Crippen molar-refractivity contribution in [3.05, 3.63) is 42.1 Å². The minimum Gasteiger partial charge on any atom is -0.489 e. The Bertz CT molecular complexity index is 933. The van der Waals surface area contributed by atoms with Crippen LogP contribution in [0.5, 0.6) is 5.75 Å². The lowest BCUT2D eigenvalue weighted by molar-refractivity contribution is -0.117. The van der Waals surface area contributed by atoms with Crippen LogP contribution in [-0.4, -0.2) is 48.0 Å². The Morgan fingerprint density at radius 1 is 1.19 bits per heavy atom. The summed E-state index contributed by atoms with van der Waals surface area (Å²) in [6.45, 7) is 7.74. The van der Waals surface area contributed by atoms with E-state index in [9.17, 15) is 4.79 Å². The molecule has 0 radical (unpaired) electrons. The zero-order chi connectivity index (χ0) is 21.4. The lowest BCUT2D eigenvalue weighted by Gasteiger charge is -2.56. The summed E-state index contributed by atoms with van der Waals surface area (Å²) in [4.78, 5) is 25.4. The van der Waals surface area contributed by atoms with E-state index >= 15 is 0 Å². The molecule has 3 heterocycles. The van der Waals surface area contributed by atoms with Crippen LogP contribution in [0.2, 0.25) is 0 Å². The largest absolute Gasteiger partial charge is 0.489 e. The van der Waals surface area contributed by atoms with Gasteiger partial charge in [-0.2, -0.15) is 4.98 Å². The Balaban J connectivity index is 1.16. The van der Waals surface area contributed by atoms with Crippen molar-refractivity contribution in [2.24, 2.45) is 5.41 Å². The fraction of sp³-hybridized carbons (Fsp3) is 0.560. The van der Waals surface area contributed by atoms with E-state index in [1.165, 1.54) is 24.8 Å². The Hall–Kier alpha value is -2.63. The third-order valence-electron chi connectivity index (χ3n) is 7.19. The van der Waals surface area contributed by atoms with E-state index < -0.39 is 0 Å². The number of nitrogens with zero attached hydrogens (tertiary/aromatic N) is 4. The molecule has 1 aliphatic carbocycles. The molecular weight excluding hydrogens is 388 g/mol. The molecule has 6 heteroatoms. The molecule has 2 aliphatic heterocycles. The maximum atomic E-state index is 11.4. The Labute approximate surface area is 184 Å². The SMILES string of the molecule is CC(=O)C[C@@H](C)c1ccc(O[C@@H]2CCN(c3nccc(N4CC5(CCC5)C4)n3)C2)cc1. The maximum absolute atomic E-state index is 11.4. The topological polar surface area (TPSA) is 58.6 Å². The molecule has 2 atom stereocenters. The van der Waals surface area contributed by atoms with Crippen molar-refractivity contribution in [2.75, 3.05) is 36.0 Å². The molecule has 2 aromatic rings. The van der Waals surface area contributed by atoms with E-state index in [1.54, 1.807) is 6.92 Å². The minimum atomic E-state index is 0.134. The third kappa shape index (κ3) is 4.25. The number of rotatable bonds is 7. The maximum Gasteiger partial charge on any atom is 0.227 e. The second kappa shape index (κ2) is 8.13. The first kappa shape index (κ1) is 20.3. The van der Waals surface area contributed by atoms with Crippen molar-refractivity contribution >= 4 is 17.5 Å². The standard InChI is InChI=1S/C25H32N4O2/c1-18(14-19(2)30)20-4-6-21(7-5-20)31-22-9-13-28(15-22)24-26-12-8-23(27-24)29-16-25(17-29)10-3-11-25/h4-8,12,18,22H,3,9-11,13-17H2,1-2H3/t18-,22-/m1/s1. The lowest BCUT2D eigenvalue weighted by atomic mass is 9.63. The zero-order valence-electron chi connectivity index (χ0n) is 18.6. The molecule has 0 N–H and O–H groups in total. The molecule has 1 saturated carbocycles. The number of benzene rings is 1. The van der Waals surface area contributed by atoms with Gasteiger partial charge in [-0.3, -0.25) is 0 Å². The molecule has 1 spiro atoms. The van der Waals surface area contributed by atoms with E-state index in [0.717, 1.165) is 50.1 Å². The van der Waals surface area contributed by atoms with Gasteiger partial charge in [0.05, 0.1) is 6.54 Å². The fourth-order valence-corrected chi connectivity index (χ4v) is 5.21. The van der Waals surface area contributed by atoms with Gasteiger partial charge in [0.25, 0.3) is 0 Å². The van der Waals surface area contributed by atoms with Gasteiger partial charge < -0.3 is 19.3 Å². The Kier molecular flexibility index (Phi) is 5.32. The van der Waals surface area contributed by atoms with Crippen LogP contribution in [0.15, 0.2) is 36.5 Å². The fourth-order valence-electron chi connectivity index (χ4n) is 5.21. The summed E-state index contributed by atoms with van der Waals surface area (Å²) in [5.74, 6) is 3.21. The molecule has 3 fully saturated rings. The van der Waals surface area contributed by atoms with E-state index in [0.29, 0.717) is 11.8 Å². The third-order valence-corrected chi connectivity index (χ3v) is 7.19. The van der Waals surface area contributed by atoms with Crippen LogP contribution in [0.3, 0.4) is 0 Å². The quantitative estimate of drug-likeness (QED) is 0.669. The van der Waals surface area contributed by atoms with Gasteiger partial charge in [-0.05, 0) is 49.4 Å². The summed E-state index contributed by atoms with van der Waals surface area (Å²) in [6, 6.07) is 10.2. The predicted molar refractivity (Wildman–Crippen MR) is 122 cm³/mol. The predicted octanol–water partition coefficient (Wildman–Crippen LogP) is 4.21. The summed E-state index contributed by atoms with van der Waals surface area (Å²) < 4.78 is 6.23. The average Bonchev–Trinajstić information content (AvgIpc) is 3.15. The van der Waals surface area contributed by atoms with Crippen LogP contribution in [0.4, 0.5) is 11.8 Å². The van der Waals surface area contributed by atoms with Gasteiger partial charge in [0.2, 0.25) is 5.95 Å². The van der Waals surface area contributed by atoms with E-state index in [4.69, 9.17) is 9.72 Å². The van der Waals surface area contributed by atoms with Gasteiger partial charge in [0, 0.05) is 44.1 Å². The summed E-state index contributed by atoms with van der Waals surface area (Å²) in [7, 11) is 0. The molecule has 164 valence electrons. The van der Waals surface area contributed by atoms with Crippen LogP contribution in [0, 0.1) is 5.41 Å². The zero-order valence-corrected chi connectivity index (χ0v) is 18.6. The Morgan fingerprint density at radius 2 is 1.97 bits per heavy atom.